The van der Waals surface area contributed by atoms with Gasteiger partial charge in [0.2, 0.25) is 0 Å². The lowest BCUT2D eigenvalue weighted by molar-refractivity contribution is 0.326. The molecular formula is C18H24. The van der Waals surface area contributed by atoms with E-state index in [0.717, 1.165) is 11.8 Å². The number of rotatable bonds is 2. The highest BCUT2D eigenvalue weighted by Crippen LogP contribution is 2.59. The monoisotopic (exact) mass is 240 g/mol. The molecule has 0 N–H and O–H groups in total. The third kappa shape index (κ3) is 1.44. The summed E-state index contributed by atoms with van der Waals surface area (Å²) in [6, 6.07) is 11.2. The van der Waals surface area contributed by atoms with Crippen LogP contribution in [0.15, 0.2) is 41.5 Å². The lowest BCUT2D eigenvalue weighted by Gasteiger charge is -2.35. The molecule has 0 aliphatic heterocycles. The van der Waals surface area contributed by atoms with Crippen molar-refractivity contribution in [2.45, 2.75) is 51.9 Å². The standard InChI is InChI=1S/C18H24/c1-4-16-13(2)15-11-8-12-17(15)18(16,3)14-9-6-5-7-10-14/h5-7,9-10,15,17H,4,8,11-12H2,1-3H3/t15-,17-,18+/m0/s1. The average molecular weight is 240 g/mol. The summed E-state index contributed by atoms with van der Waals surface area (Å²) in [6.45, 7) is 7.23. The Bertz CT molecular complexity index is 468. The molecule has 0 aromatic heterocycles. The van der Waals surface area contributed by atoms with Crippen molar-refractivity contribution in [3.05, 3.63) is 47.0 Å². The Morgan fingerprint density at radius 1 is 1.17 bits per heavy atom. The molecule has 0 spiro atoms. The van der Waals surface area contributed by atoms with Crippen LogP contribution in [0.2, 0.25) is 0 Å². The quantitative estimate of drug-likeness (QED) is 0.631. The molecule has 0 heterocycles. The van der Waals surface area contributed by atoms with E-state index in [1.165, 1.54) is 31.2 Å². The summed E-state index contributed by atoms with van der Waals surface area (Å²) in [5.74, 6) is 1.72. The zero-order chi connectivity index (χ0) is 12.8. The van der Waals surface area contributed by atoms with Crippen LogP contribution >= 0.6 is 0 Å². The summed E-state index contributed by atoms with van der Waals surface area (Å²) < 4.78 is 0. The molecule has 96 valence electrons. The minimum absolute atomic E-state index is 0.307. The Morgan fingerprint density at radius 3 is 2.56 bits per heavy atom. The van der Waals surface area contributed by atoms with Crippen molar-refractivity contribution >= 4 is 0 Å². The van der Waals surface area contributed by atoms with E-state index in [0.29, 0.717) is 5.41 Å². The van der Waals surface area contributed by atoms with Crippen molar-refractivity contribution in [2.75, 3.05) is 0 Å². The zero-order valence-corrected chi connectivity index (χ0v) is 11.9. The molecule has 0 unspecified atom stereocenters. The van der Waals surface area contributed by atoms with Crippen molar-refractivity contribution in [1.29, 1.82) is 0 Å². The van der Waals surface area contributed by atoms with Crippen molar-refractivity contribution in [1.82, 2.24) is 0 Å². The van der Waals surface area contributed by atoms with E-state index in [-0.39, 0.29) is 0 Å². The second-order valence-corrected chi connectivity index (χ2v) is 6.23. The molecule has 1 aromatic rings. The SMILES string of the molecule is CCC1=C(C)[C@@H]2CCC[C@@H]2[C@]1(C)c1ccccc1. The average Bonchev–Trinajstić information content (AvgIpc) is 2.95. The first kappa shape index (κ1) is 12.0. The molecule has 0 saturated heterocycles. The number of allylic oxidation sites excluding steroid dienone is 2. The number of hydrogen-bond acceptors (Lipinski definition) is 0. The van der Waals surface area contributed by atoms with E-state index in [9.17, 15) is 0 Å². The van der Waals surface area contributed by atoms with E-state index in [1.807, 2.05) is 0 Å². The maximum absolute atomic E-state index is 2.50. The Balaban J connectivity index is 2.14. The fourth-order valence-corrected chi connectivity index (χ4v) is 4.85. The second-order valence-electron chi connectivity index (χ2n) is 6.23. The molecule has 0 nitrogen and oxygen atoms in total. The highest BCUT2D eigenvalue weighted by molar-refractivity contribution is 5.45. The number of hydrogen-bond donors (Lipinski definition) is 0. The zero-order valence-electron chi connectivity index (χ0n) is 11.9. The fourth-order valence-electron chi connectivity index (χ4n) is 4.85. The van der Waals surface area contributed by atoms with E-state index >= 15 is 0 Å². The van der Waals surface area contributed by atoms with Crippen LogP contribution in [0, 0.1) is 11.8 Å². The van der Waals surface area contributed by atoms with Crippen molar-refractivity contribution < 1.29 is 0 Å². The first-order chi connectivity index (χ1) is 8.69. The largest absolute Gasteiger partial charge is 0.0698 e. The van der Waals surface area contributed by atoms with Crippen LogP contribution in [0.25, 0.3) is 0 Å². The summed E-state index contributed by atoms with van der Waals surface area (Å²) in [4.78, 5) is 0. The summed E-state index contributed by atoms with van der Waals surface area (Å²) in [5, 5.41) is 0. The van der Waals surface area contributed by atoms with Gasteiger partial charge in [-0.3, -0.25) is 0 Å². The predicted octanol–water partition coefficient (Wildman–Crippen LogP) is 5.10. The normalized spacial score (nSPS) is 35.1. The lowest BCUT2D eigenvalue weighted by Crippen LogP contribution is -2.30. The molecule has 1 saturated carbocycles. The topological polar surface area (TPSA) is 0 Å². The molecule has 3 atom stereocenters. The summed E-state index contributed by atoms with van der Waals surface area (Å²) in [5.41, 5.74) is 5.28. The predicted molar refractivity (Wildman–Crippen MR) is 77.6 cm³/mol. The van der Waals surface area contributed by atoms with Crippen molar-refractivity contribution in [2.24, 2.45) is 11.8 Å². The number of benzene rings is 1. The van der Waals surface area contributed by atoms with E-state index in [1.54, 1.807) is 11.1 Å². The lowest BCUT2D eigenvalue weighted by atomic mass is 9.68. The van der Waals surface area contributed by atoms with Gasteiger partial charge in [-0.1, -0.05) is 61.7 Å². The van der Waals surface area contributed by atoms with Crippen LogP contribution in [0.4, 0.5) is 0 Å². The van der Waals surface area contributed by atoms with Gasteiger partial charge in [-0.2, -0.15) is 0 Å². The first-order valence-corrected chi connectivity index (χ1v) is 7.45. The van der Waals surface area contributed by atoms with Gasteiger partial charge in [0.05, 0.1) is 0 Å². The first-order valence-electron chi connectivity index (χ1n) is 7.45. The molecule has 2 aliphatic carbocycles. The minimum atomic E-state index is 0.307. The van der Waals surface area contributed by atoms with Gasteiger partial charge < -0.3 is 0 Å². The Labute approximate surface area is 111 Å². The molecular weight excluding hydrogens is 216 g/mol. The molecule has 18 heavy (non-hydrogen) atoms. The van der Waals surface area contributed by atoms with Gasteiger partial charge in [0.25, 0.3) is 0 Å². The number of fused-ring (bicyclic) bond motifs is 1. The van der Waals surface area contributed by atoms with Gasteiger partial charge in [0.15, 0.2) is 0 Å². The Kier molecular flexibility index (Phi) is 2.84. The molecule has 0 radical (unpaired) electrons. The summed E-state index contributed by atoms with van der Waals surface area (Å²) >= 11 is 0. The van der Waals surface area contributed by atoms with Crippen LogP contribution in [-0.4, -0.2) is 0 Å². The van der Waals surface area contributed by atoms with Gasteiger partial charge in [-0.05, 0) is 43.6 Å². The third-order valence-electron chi connectivity index (χ3n) is 5.64. The second kappa shape index (κ2) is 4.26. The minimum Gasteiger partial charge on any atom is -0.0698 e. The molecule has 1 fully saturated rings. The van der Waals surface area contributed by atoms with Gasteiger partial charge in [-0.15, -0.1) is 0 Å². The maximum atomic E-state index is 2.50. The Hall–Kier alpha value is -1.04. The summed E-state index contributed by atoms with van der Waals surface area (Å²) in [7, 11) is 0. The van der Waals surface area contributed by atoms with Crippen LogP contribution in [0.1, 0.15) is 52.0 Å². The fraction of sp³-hybridized carbons (Fsp3) is 0.556. The van der Waals surface area contributed by atoms with Crippen LogP contribution in [0.5, 0.6) is 0 Å². The van der Waals surface area contributed by atoms with Gasteiger partial charge in [0.1, 0.15) is 0 Å². The molecule has 1 aromatic carbocycles. The van der Waals surface area contributed by atoms with Crippen molar-refractivity contribution in [3.8, 4) is 0 Å². The summed E-state index contributed by atoms with van der Waals surface area (Å²) in [6.07, 6.45) is 5.47. The van der Waals surface area contributed by atoms with Gasteiger partial charge in [0, 0.05) is 5.41 Å². The van der Waals surface area contributed by atoms with Gasteiger partial charge >= 0.3 is 0 Å². The van der Waals surface area contributed by atoms with Crippen LogP contribution < -0.4 is 0 Å². The van der Waals surface area contributed by atoms with E-state index < -0.39 is 0 Å². The van der Waals surface area contributed by atoms with Crippen LogP contribution in [-0.2, 0) is 5.41 Å². The maximum Gasteiger partial charge on any atom is 0.0170 e. The van der Waals surface area contributed by atoms with Crippen LogP contribution in [0.3, 0.4) is 0 Å². The molecule has 0 amide bonds. The van der Waals surface area contributed by atoms with E-state index in [4.69, 9.17) is 0 Å². The molecule has 2 aliphatic rings. The molecule has 3 rings (SSSR count). The Morgan fingerprint density at radius 2 is 1.89 bits per heavy atom. The van der Waals surface area contributed by atoms with E-state index in [2.05, 4.69) is 51.1 Å². The highest BCUT2D eigenvalue weighted by atomic mass is 14.5. The third-order valence-corrected chi connectivity index (χ3v) is 5.64. The van der Waals surface area contributed by atoms with Crippen molar-refractivity contribution in [3.63, 3.8) is 0 Å². The molecule has 0 bridgehead atoms. The molecule has 0 heteroatoms. The van der Waals surface area contributed by atoms with Gasteiger partial charge in [-0.25, -0.2) is 0 Å². The smallest absolute Gasteiger partial charge is 0.0170 e. The highest BCUT2D eigenvalue weighted by Gasteiger charge is 2.50.